The number of carbonyl (C=O) groups excluding carboxylic acids is 1. The first-order chi connectivity index (χ1) is 12.8. The number of para-hydroxylation sites is 2. The molecule has 4 heteroatoms. The highest BCUT2D eigenvalue weighted by atomic mass is 16.2. The van der Waals surface area contributed by atoms with Crippen molar-refractivity contribution in [1.29, 1.82) is 0 Å². The first kappa shape index (κ1) is 15.5. The van der Waals surface area contributed by atoms with Gasteiger partial charge in [-0.25, -0.2) is 4.98 Å². The summed E-state index contributed by atoms with van der Waals surface area (Å²) in [6.45, 7) is 0. The fourth-order valence-electron chi connectivity index (χ4n) is 4.12. The van der Waals surface area contributed by atoms with Crippen molar-refractivity contribution in [2.24, 2.45) is 0 Å². The summed E-state index contributed by atoms with van der Waals surface area (Å²) in [7, 11) is 0. The maximum atomic E-state index is 13.4. The maximum absolute atomic E-state index is 13.4. The number of aromatic nitrogens is 2. The topological polar surface area (TPSA) is 46.1 Å². The van der Waals surface area contributed by atoms with E-state index in [-0.39, 0.29) is 11.9 Å². The molecule has 1 fully saturated rings. The molecule has 0 N–H and O–H groups in total. The highest BCUT2D eigenvalue weighted by molar-refractivity contribution is 5.94. The lowest BCUT2D eigenvalue weighted by Crippen LogP contribution is -2.38. The number of carbonyl (C=O) groups is 1. The lowest BCUT2D eigenvalue weighted by atomic mass is 9.86. The predicted octanol–water partition coefficient (Wildman–Crippen LogP) is 4.31. The maximum Gasteiger partial charge on any atom is 0.274 e. The van der Waals surface area contributed by atoms with E-state index in [1.54, 1.807) is 6.20 Å². The molecule has 1 heterocycles. The van der Waals surface area contributed by atoms with Crippen molar-refractivity contribution in [3.05, 3.63) is 71.5 Å². The summed E-state index contributed by atoms with van der Waals surface area (Å²) in [5.41, 5.74) is 4.75. The van der Waals surface area contributed by atoms with Crippen molar-refractivity contribution in [3.8, 4) is 0 Å². The standard InChI is InChI=1S/C22H21N3O/c26-22(20-14-23-18-9-3-4-10-19(18)24-20)25(16-12-13-16)21-11-5-7-15-6-1-2-8-17(15)21/h1-4,6,8-10,14,16,21H,5,7,11-13H2. The van der Waals surface area contributed by atoms with Gasteiger partial charge in [-0.05, 0) is 55.4 Å². The van der Waals surface area contributed by atoms with Crippen LogP contribution in [0.1, 0.15) is 53.3 Å². The molecular weight excluding hydrogens is 322 g/mol. The fraction of sp³-hybridized carbons (Fsp3) is 0.318. The zero-order chi connectivity index (χ0) is 17.5. The first-order valence-electron chi connectivity index (χ1n) is 9.43. The van der Waals surface area contributed by atoms with Crippen molar-refractivity contribution in [2.45, 2.75) is 44.2 Å². The quantitative estimate of drug-likeness (QED) is 0.712. The van der Waals surface area contributed by atoms with E-state index in [0.717, 1.165) is 43.1 Å². The Balaban J connectivity index is 1.54. The molecular formula is C22H21N3O. The molecule has 2 aliphatic rings. The van der Waals surface area contributed by atoms with E-state index in [2.05, 4.69) is 39.1 Å². The van der Waals surface area contributed by atoms with Gasteiger partial charge in [0, 0.05) is 6.04 Å². The van der Waals surface area contributed by atoms with Crippen LogP contribution in [0.25, 0.3) is 11.0 Å². The van der Waals surface area contributed by atoms with Gasteiger partial charge in [0.25, 0.3) is 5.91 Å². The van der Waals surface area contributed by atoms with Gasteiger partial charge < -0.3 is 4.90 Å². The number of amides is 1. The molecule has 26 heavy (non-hydrogen) atoms. The molecule has 0 radical (unpaired) electrons. The van der Waals surface area contributed by atoms with Gasteiger partial charge in [-0.1, -0.05) is 36.4 Å². The van der Waals surface area contributed by atoms with Gasteiger partial charge in [0.2, 0.25) is 0 Å². The van der Waals surface area contributed by atoms with Crippen LogP contribution < -0.4 is 0 Å². The normalized spacial score (nSPS) is 19.2. The van der Waals surface area contributed by atoms with Crippen molar-refractivity contribution in [3.63, 3.8) is 0 Å². The Morgan fingerprint density at radius 1 is 0.962 bits per heavy atom. The zero-order valence-corrected chi connectivity index (χ0v) is 14.6. The van der Waals surface area contributed by atoms with E-state index in [9.17, 15) is 4.79 Å². The molecule has 1 saturated carbocycles. The van der Waals surface area contributed by atoms with Crippen LogP contribution in [-0.4, -0.2) is 26.8 Å². The first-order valence-corrected chi connectivity index (χ1v) is 9.43. The Morgan fingerprint density at radius 3 is 2.58 bits per heavy atom. The number of rotatable bonds is 3. The second-order valence-corrected chi connectivity index (χ2v) is 7.29. The molecule has 4 nitrogen and oxygen atoms in total. The lowest BCUT2D eigenvalue weighted by molar-refractivity contribution is 0.0631. The molecule has 130 valence electrons. The number of benzene rings is 2. The molecule has 1 aromatic heterocycles. The number of hydrogen-bond acceptors (Lipinski definition) is 3. The van der Waals surface area contributed by atoms with Gasteiger partial charge in [-0.3, -0.25) is 9.78 Å². The molecule has 1 atom stereocenters. The van der Waals surface area contributed by atoms with Crippen molar-refractivity contribution < 1.29 is 4.79 Å². The molecule has 0 bridgehead atoms. The van der Waals surface area contributed by atoms with Crippen LogP contribution in [0.5, 0.6) is 0 Å². The van der Waals surface area contributed by atoms with Gasteiger partial charge in [0.05, 0.1) is 23.3 Å². The van der Waals surface area contributed by atoms with Crippen LogP contribution in [0.15, 0.2) is 54.7 Å². The Bertz CT molecular complexity index is 980. The number of aryl methyl sites for hydroxylation is 1. The Hall–Kier alpha value is -2.75. The predicted molar refractivity (Wildman–Crippen MR) is 101 cm³/mol. The van der Waals surface area contributed by atoms with Gasteiger partial charge in [-0.15, -0.1) is 0 Å². The summed E-state index contributed by atoms with van der Waals surface area (Å²) in [5.74, 6) is 0.0208. The average Bonchev–Trinajstić information content (AvgIpc) is 3.53. The number of hydrogen-bond donors (Lipinski definition) is 0. The van der Waals surface area contributed by atoms with Crippen molar-refractivity contribution in [2.75, 3.05) is 0 Å². The summed E-state index contributed by atoms with van der Waals surface area (Å²) in [6.07, 6.45) is 7.07. The van der Waals surface area contributed by atoms with Crippen molar-refractivity contribution >= 4 is 16.9 Å². The minimum atomic E-state index is 0.0208. The van der Waals surface area contributed by atoms with Crippen LogP contribution in [0, 0.1) is 0 Å². The Kier molecular flexibility index (Phi) is 3.70. The molecule has 2 aliphatic carbocycles. The number of fused-ring (bicyclic) bond motifs is 2. The monoisotopic (exact) mass is 343 g/mol. The minimum Gasteiger partial charge on any atom is -0.327 e. The second-order valence-electron chi connectivity index (χ2n) is 7.29. The summed E-state index contributed by atoms with van der Waals surface area (Å²) in [6, 6.07) is 16.8. The van der Waals surface area contributed by atoms with Crippen LogP contribution in [0.2, 0.25) is 0 Å². The molecule has 1 amide bonds. The van der Waals surface area contributed by atoms with Gasteiger partial charge in [0.1, 0.15) is 5.69 Å². The summed E-state index contributed by atoms with van der Waals surface area (Å²) in [5, 5.41) is 0. The smallest absolute Gasteiger partial charge is 0.274 e. The van der Waals surface area contributed by atoms with E-state index >= 15 is 0 Å². The van der Waals surface area contributed by atoms with Crippen LogP contribution >= 0.6 is 0 Å². The molecule has 1 unspecified atom stereocenters. The molecule has 0 spiro atoms. The van der Waals surface area contributed by atoms with Crippen molar-refractivity contribution in [1.82, 2.24) is 14.9 Å². The highest BCUT2D eigenvalue weighted by Crippen LogP contribution is 2.41. The highest BCUT2D eigenvalue weighted by Gasteiger charge is 2.40. The Morgan fingerprint density at radius 2 is 1.73 bits per heavy atom. The lowest BCUT2D eigenvalue weighted by Gasteiger charge is -2.36. The largest absolute Gasteiger partial charge is 0.327 e. The molecule has 3 aromatic rings. The van der Waals surface area contributed by atoms with E-state index < -0.39 is 0 Å². The summed E-state index contributed by atoms with van der Waals surface area (Å²) < 4.78 is 0. The zero-order valence-electron chi connectivity index (χ0n) is 14.6. The minimum absolute atomic E-state index is 0.0208. The number of nitrogens with zero attached hydrogens (tertiary/aromatic N) is 3. The van der Waals surface area contributed by atoms with Crippen LogP contribution in [-0.2, 0) is 6.42 Å². The van der Waals surface area contributed by atoms with Crippen LogP contribution in [0.4, 0.5) is 0 Å². The van der Waals surface area contributed by atoms with Gasteiger partial charge in [-0.2, -0.15) is 0 Å². The molecule has 0 aliphatic heterocycles. The van der Waals surface area contributed by atoms with E-state index in [0.29, 0.717) is 11.7 Å². The van der Waals surface area contributed by atoms with Crippen LogP contribution in [0.3, 0.4) is 0 Å². The second kappa shape index (κ2) is 6.20. The van der Waals surface area contributed by atoms with Gasteiger partial charge in [0.15, 0.2) is 0 Å². The fourth-order valence-corrected chi connectivity index (χ4v) is 4.12. The summed E-state index contributed by atoms with van der Waals surface area (Å²) in [4.78, 5) is 24.5. The third kappa shape index (κ3) is 2.66. The van der Waals surface area contributed by atoms with E-state index in [1.165, 1.54) is 11.1 Å². The average molecular weight is 343 g/mol. The molecule has 0 saturated heterocycles. The van der Waals surface area contributed by atoms with E-state index in [1.807, 2.05) is 24.3 Å². The van der Waals surface area contributed by atoms with Gasteiger partial charge >= 0.3 is 0 Å². The molecule has 5 rings (SSSR count). The SMILES string of the molecule is O=C(c1cnc2ccccc2n1)N(C1CC1)C1CCCc2ccccc21. The third-order valence-corrected chi connectivity index (χ3v) is 5.52. The third-order valence-electron chi connectivity index (χ3n) is 5.52. The Labute approximate surface area is 152 Å². The summed E-state index contributed by atoms with van der Waals surface area (Å²) >= 11 is 0. The molecule has 2 aromatic carbocycles. The van der Waals surface area contributed by atoms with E-state index in [4.69, 9.17) is 0 Å².